The van der Waals surface area contributed by atoms with Crippen molar-refractivity contribution in [2.45, 2.75) is 0 Å². The molecule has 3 N–H and O–H groups in total. The van der Waals surface area contributed by atoms with E-state index in [9.17, 15) is 0 Å². The van der Waals surface area contributed by atoms with E-state index in [4.69, 9.17) is 0 Å². The molecule has 3 heteroatoms. The van der Waals surface area contributed by atoms with E-state index in [1.54, 1.807) is 0 Å². The van der Waals surface area contributed by atoms with E-state index in [-0.39, 0.29) is 0 Å². The van der Waals surface area contributed by atoms with Crippen molar-refractivity contribution in [3.63, 3.8) is 0 Å². The summed E-state index contributed by atoms with van der Waals surface area (Å²) in [6.07, 6.45) is 0. The molecule has 0 bridgehead atoms. The van der Waals surface area contributed by atoms with Crippen molar-refractivity contribution in [2.75, 3.05) is 37.1 Å². The summed E-state index contributed by atoms with van der Waals surface area (Å²) in [5.74, 6) is 0. The smallest absolute Gasteiger partial charge is 0.0809 e. The lowest BCUT2D eigenvalue weighted by atomic mass is 10.2. The van der Waals surface area contributed by atoms with Crippen LogP contribution in [-0.4, -0.2) is 21.1 Å². The molecule has 0 heterocycles. The van der Waals surface area contributed by atoms with Crippen LogP contribution in [0.5, 0.6) is 0 Å². The Kier molecular flexibility index (Phi) is 2.80. The SMILES string of the molecule is CNc1c[c]cc(NC)c1NC. The first-order valence-corrected chi connectivity index (χ1v) is 3.90. The summed E-state index contributed by atoms with van der Waals surface area (Å²) >= 11 is 0. The van der Waals surface area contributed by atoms with E-state index in [2.05, 4.69) is 22.0 Å². The Hall–Kier alpha value is -1.38. The molecule has 1 aromatic carbocycles. The lowest BCUT2D eigenvalue weighted by Crippen LogP contribution is -2.00. The Balaban J connectivity index is 3.13. The van der Waals surface area contributed by atoms with Crippen LogP contribution in [0.2, 0.25) is 0 Å². The van der Waals surface area contributed by atoms with Crippen LogP contribution >= 0.6 is 0 Å². The molecule has 0 aliphatic carbocycles. The molecule has 65 valence electrons. The highest BCUT2D eigenvalue weighted by Crippen LogP contribution is 2.28. The average Bonchev–Trinajstić information content (AvgIpc) is 2.16. The lowest BCUT2D eigenvalue weighted by Gasteiger charge is -2.12. The largest absolute Gasteiger partial charge is 0.386 e. The number of nitrogens with one attached hydrogen (secondary N) is 3. The van der Waals surface area contributed by atoms with Gasteiger partial charge < -0.3 is 16.0 Å². The molecule has 0 aliphatic heterocycles. The van der Waals surface area contributed by atoms with Gasteiger partial charge in [0.15, 0.2) is 0 Å². The van der Waals surface area contributed by atoms with Crippen molar-refractivity contribution in [1.82, 2.24) is 0 Å². The van der Waals surface area contributed by atoms with Gasteiger partial charge in [0.1, 0.15) is 0 Å². The van der Waals surface area contributed by atoms with Crippen molar-refractivity contribution in [2.24, 2.45) is 0 Å². The van der Waals surface area contributed by atoms with E-state index in [1.807, 2.05) is 33.3 Å². The minimum atomic E-state index is 1.05. The monoisotopic (exact) mass is 164 g/mol. The van der Waals surface area contributed by atoms with Crippen LogP contribution in [-0.2, 0) is 0 Å². The van der Waals surface area contributed by atoms with Crippen LogP contribution in [0, 0.1) is 6.07 Å². The van der Waals surface area contributed by atoms with Crippen LogP contribution in [0.3, 0.4) is 0 Å². The van der Waals surface area contributed by atoms with Crippen LogP contribution in [0.25, 0.3) is 0 Å². The van der Waals surface area contributed by atoms with Gasteiger partial charge in [-0.25, -0.2) is 0 Å². The highest BCUT2D eigenvalue weighted by molar-refractivity contribution is 5.81. The van der Waals surface area contributed by atoms with Gasteiger partial charge in [-0.2, -0.15) is 0 Å². The van der Waals surface area contributed by atoms with Gasteiger partial charge in [0.05, 0.1) is 17.1 Å². The predicted octanol–water partition coefficient (Wildman–Crippen LogP) is 1.61. The molecule has 0 unspecified atom stereocenters. The van der Waals surface area contributed by atoms with Gasteiger partial charge in [0.25, 0.3) is 0 Å². The molecule has 1 aromatic rings. The van der Waals surface area contributed by atoms with Crippen molar-refractivity contribution < 1.29 is 0 Å². The fourth-order valence-electron chi connectivity index (χ4n) is 1.16. The third-order valence-electron chi connectivity index (χ3n) is 1.78. The number of hydrogen-bond donors (Lipinski definition) is 3. The molecule has 0 aromatic heterocycles. The van der Waals surface area contributed by atoms with Crippen molar-refractivity contribution in [3.05, 3.63) is 18.2 Å². The van der Waals surface area contributed by atoms with E-state index < -0.39 is 0 Å². The zero-order valence-electron chi connectivity index (χ0n) is 7.65. The Morgan fingerprint density at radius 1 is 0.917 bits per heavy atom. The zero-order valence-corrected chi connectivity index (χ0v) is 7.65. The van der Waals surface area contributed by atoms with Crippen molar-refractivity contribution in [1.29, 1.82) is 0 Å². The maximum Gasteiger partial charge on any atom is 0.0809 e. The first-order chi connectivity index (χ1) is 5.83. The lowest BCUT2D eigenvalue weighted by molar-refractivity contribution is 1.41. The zero-order chi connectivity index (χ0) is 8.97. The van der Waals surface area contributed by atoms with Gasteiger partial charge >= 0.3 is 0 Å². The van der Waals surface area contributed by atoms with Gasteiger partial charge in [-0.05, 0) is 18.2 Å². The summed E-state index contributed by atoms with van der Waals surface area (Å²) in [6, 6.07) is 6.86. The molecular formula is C9H14N3. The normalized spacial score (nSPS) is 9.25. The Morgan fingerprint density at radius 3 is 1.75 bits per heavy atom. The summed E-state index contributed by atoms with van der Waals surface area (Å²) in [7, 11) is 5.68. The number of hydrogen-bond acceptors (Lipinski definition) is 3. The van der Waals surface area contributed by atoms with Crippen molar-refractivity contribution >= 4 is 17.1 Å². The first-order valence-electron chi connectivity index (χ1n) is 3.90. The van der Waals surface area contributed by atoms with Gasteiger partial charge in [-0.3, -0.25) is 0 Å². The summed E-state index contributed by atoms with van der Waals surface area (Å²) in [5, 5.41) is 9.30. The van der Waals surface area contributed by atoms with Gasteiger partial charge in [0, 0.05) is 21.1 Å². The second-order valence-electron chi connectivity index (χ2n) is 2.41. The number of benzene rings is 1. The quantitative estimate of drug-likeness (QED) is 0.635. The average molecular weight is 164 g/mol. The minimum absolute atomic E-state index is 1.05. The Morgan fingerprint density at radius 2 is 1.42 bits per heavy atom. The molecule has 0 aliphatic rings. The molecule has 0 atom stereocenters. The standard InChI is InChI=1S/C9H14N3/c1-10-7-5-4-6-8(11-2)9(7)12-3/h5-6,10-12H,1-3H3. The summed E-state index contributed by atoms with van der Waals surface area (Å²) in [6.45, 7) is 0. The molecule has 0 saturated heterocycles. The van der Waals surface area contributed by atoms with E-state index in [1.165, 1.54) is 0 Å². The number of anilines is 3. The fourth-order valence-corrected chi connectivity index (χ4v) is 1.16. The highest BCUT2D eigenvalue weighted by Gasteiger charge is 2.02. The second-order valence-corrected chi connectivity index (χ2v) is 2.41. The molecule has 0 spiro atoms. The van der Waals surface area contributed by atoms with E-state index >= 15 is 0 Å². The van der Waals surface area contributed by atoms with Crippen LogP contribution in [0.1, 0.15) is 0 Å². The summed E-state index contributed by atoms with van der Waals surface area (Å²) in [5.41, 5.74) is 3.16. The molecular weight excluding hydrogens is 150 g/mol. The fraction of sp³-hybridized carbons (Fsp3) is 0.333. The van der Waals surface area contributed by atoms with E-state index in [0.29, 0.717) is 0 Å². The summed E-state index contributed by atoms with van der Waals surface area (Å²) < 4.78 is 0. The third-order valence-corrected chi connectivity index (χ3v) is 1.78. The van der Waals surface area contributed by atoms with Crippen molar-refractivity contribution in [3.8, 4) is 0 Å². The molecule has 0 saturated carbocycles. The topological polar surface area (TPSA) is 36.1 Å². The van der Waals surface area contributed by atoms with Gasteiger partial charge in [0.2, 0.25) is 0 Å². The van der Waals surface area contributed by atoms with Gasteiger partial charge in [-0.1, -0.05) is 0 Å². The predicted molar refractivity (Wildman–Crippen MR) is 53.9 cm³/mol. The highest BCUT2D eigenvalue weighted by atomic mass is 15.0. The minimum Gasteiger partial charge on any atom is -0.386 e. The Bertz CT molecular complexity index is 236. The van der Waals surface area contributed by atoms with Gasteiger partial charge in [-0.15, -0.1) is 0 Å². The molecule has 0 amide bonds. The Labute approximate surface area is 73.2 Å². The molecule has 1 radical (unpaired) electrons. The van der Waals surface area contributed by atoms with Crippen LogP contribution in [0.15, 0.2) is 12.1 Å². The maximum absolute atomic E-state index is 3.12. The summed E-state index contributed by atoms with van der Waals surface area (Å²) in [4.78, 5) is 0. The van der Waals surface area contributed by atoms with Crippen LogP contribution < -0.4 is 16.0 Å². The first kappa shape index (κ1) is 8.71. The van der Waals surface area contributed by atoms with E-state index in [0.717, 1.165) is 17.1 Å². The number of rotatable bonds is 3. The third kappa shape index (κ3) is 1.44. The van der Waals surface area contributed by atoms with Crippen LogP contribution in [0.4, 0.5) is 17.1 Å². The molecule has 1 rings (SSSR count). The molecule has 3 nitrogen and oxygen atoms in total. The maximum atomic E-state index is 3.12. The second kappa shape index (κ2) is 3.85. The molecule has 12 heavy (non-hydrogen) atoms. The molecule has 0 fully saturated rings.